The summed E-state index contributed by atoms with van der Waals surface area (Å²) in [7, 11) is -3.94. The Morgan fingerprint density at radius 3 is 1.11 bits per heavy atom. The van der Waals surface area contributed by atoms with Gasteiger partial charge in [-0.05, 0) is 86.9 Å². The number of hydrogen-bond donors (Lipinski definition) is 2. The largest absolute Gasteiger partial charge is 0.329 e. The van der Waals surface area contributed by atoms with Gasteiger partial charge in [-0.3, -0.25) is 4.57 Å². The van der Waals surface area contributed by atoms with Gasteiger partial charge in [0.1, 0.15) is 0 Å². The van der Waals surface area contributed by atoms with Gasteiger partial charge in [0, 0.05) is 0 Å². The summed E-state index contributed by atoms with van der Waals surface area (Å²) in [6, 6.07) is 0. The second-order valence-corrected chi connectivity index (χ2v) is 9.36. The molecule has 0 aliphatic heterocycles. The highest BCUT2D eigenvalue weighted by atomic mass is 31.2. The molecule has 0 saturated heterocycles. The van der Waals surface area contributed by atoms with Crippen LogP contribution in [0.5, 0.6) is 0 Å². The third-order valence-electron chi connectivity index (χ3n) is 5.84. The van der Waals surface area contributed by atoms with E-state index >= 15 is 0 Å². The number of hydrogen-bond acceptors (Lipinski definition) is 1. The van der Waals surface area contributed by atoms with Gasteiger partial charge in [0.25, 0.3) is 0 Å². The smallest absolute Gasteiger partial charge is 0.324 e. The normalized spacial score (nSPS) is 28.7. The summed E-state index contributed by atoms with van der Waals surface area (Å²) in [4.78, 5) is 20.1. The van der Waals surface area contributed by atoms with Gasteiger partial charge in [-0.2, -0.15) is 0 Å². The van der Waals surface area contributed by atoms with E-state index in [4.69, 9.17) is 0 Å². The molecule has 0 atom stereocenters. The first-order valence-corrected chi connectivity index (χ1v) is 9.79. The lowest BCUT2D eigenvalue weighted by molar-refractivity contribution is 0.223. The van der Waals surface area contributed by atoms with Crippen LogP contribution in [0.4, 0.5) is 0 Å². The van der Waals surface area contributed by atoms with E-state index in [1.807, 2.05) is 0 Å². The van der Waals surface area contributed by atoms with Crippen LogP contribution in [0.3, 0.4) is 0 Å². The summed E-state index contributed by atoms with van der Waals surface area (Å²) in [5, 5.41) is 0. The highest BCUT2D eigenvalue weighted by molar-refractivity contribution is 7.52. The molecule has 0 amide bonds. The minimum Gasteiger partial charge on any atom is -0.324 e. The zero-order chi connectivity index (χ0) is 13.2. The first kappa shape index (κ1) is 12.9. The molecule has 4 fully saturated rings. The lowest BCUT2D eigenvalue weighted by Gasteiger charge is -2.35. The van der Waals surface area contributed by atoms with Crippen LogP contribution in [0.1, 0.15) is 51.4 Å². The first-order chi connectivity index (χ1) is 9.05. The molecule has 4 saturated carbocycles. The molecule has 19 heavy (non-hydrogen) atoms. The predicted molar refractivity (Wildman–Crippen MR) is 73.7 cm³/mol. The summed E-state index contributed by atoms with van der Waals surface area (Å²) in [5.41, 5.74) is -0.285. The van der Waals surface area contributed by atoms with E-state index in [0.29, 0.717) is 35.5 Å². The summed E-state index contributed by atoms with van der Waals surface area (Å²) in [6.07, 6.45) is 9.78. The molecule has 0 aromatic heterocycles. The Morgan fingerprint density at radius 2 is 0.947 bits per heavy atom. The van der Waals surface area contributed by atoms with Gasteiger partial charge in [0.15, 0.2) is 0 Å². The van der Waals surface area contributed by atoms with Crippen LogP contribution in [0.2, 0.25) is 0 Å². The summed E-state index contributed by atoms with van der Waals surface area (Å²) < 4.78 is 12.2. The average molecular weight is 284 g/mol. The van der Waals surface area contributed by atoms with Gasteiger partial charge < -0.3 is 9.79 Å². The second-order valence-electron chi connectivity index (χ2n) is 7.58. The minimum absolute atomic E-state index is 0.285. The lowest BCUT2D eigenvalue weighted by atomic mass is 9.81. The van der Waals surface area contributed by atoms with Gasteiger partial charge in [-0.15, -0.1) is 0 Å². The van der Waals surface area contributed by atoms with Crippen molar-refractivity contribution in [2.75, 3.05) is 0 Å². The van der Waals surface area contributed by atoms with Crippen LogP contribution in [-0.4, -0.2) is 15.4 Å². The second kappa shape index (κ2) is 4.32. The molecule has 0 bridgehead atoms. The Labute approximate surface area is 115 Å². The van der Waals surface area contributed by atoms with Gasteiger partial charge in [0.2, 0.25) is 0 Å². The van der Waals surface area contributed by atoms with E-state index in [-0.39, 0.29) is 5.66 Å². The Balaban J connectivity index is 1.64. The van der Waals surface area contributed by atoms with Crippen molar-refractivity contribution in [3.8, 4) is 0 Å². The van der Waals surface area contributed by atoms with Crippen LogP contribution in [0.25, 0.3) is 0 Å². The fourth-order valence-corrected chi connectivity index (χ4v) is 6.39. The number of rotatable bonds is 7. The molecule has 0 radical (unpaired) electrons. The molecule has 0 spiro atoms. The highest BCUT2D eigenvalue weighted by Crippen LogP contribution is 2.66. The maximum atomic E-state index is 12.2. The van der Waals surface area contributed by atoms with Crippen molar-refractivity contribution < 1.29 is 14.4 Å². The van der Waals surface area contributed by atoms with E-state index in [1.165, 1.54) is 51.4 Å². The first-order valence-electron chi connectivity index (χ1n) is 8.11. The van der Waals surface area contributed by atoms with Crippen LogP contribution < -0.4 is 0 Å². The lowest BCUT2D eigenvalue weighted by Crippen LogP contribution is -2.34. The van der Waals surface area contributed by atoms with Crippen molar-refractivity contribution >= 4 is 7.60 Å². The molecule has 0 heterocycles. The minimum atomic E-state index is -3.94. The molecule has 0 aromatic rings. The maximum absolute atomic E-state index is 12.2. The molecule has 3 nitrogen and oxygen atoms in total. The molecule has 2 N–H and O–H groups in total. The summed E-state index contributed by atoms with van der Waals surface area (Å²) in [5.74, 6) is 3.28. The molecule has 4 heteroatoms. The topological polar surface area (TPSA) is 57.5 Å². The van der Waals surface area contributed by atoms with Gasteiger partial charge in [0.05, 0.1) is 5.66 Å². The van der Waals surface area contributed by atoms with Gasteiger partial charge in [-0.1, -0.05) is 0 Å². The van der Waals surface area contributed by atoms with Crippen molar-refractivity contribution in [2.24, 2.45) is 35.5 Å². The van der Waals surface area contributed by atoms with E-state index in [2.05, 4.69) is 0 Å². The third kappa shape index (κ3) is 2.66. The molecule has 0 aromatic carbocycles. The standard InChI is InChI=1S/C15H25O3P/c16-19(17,18)15(13(9-1-2-9)10-3-4-10)14(11-5-6-11)12-7-8-12/h9-15H,1-8H2,(H2,16,17,18). The third-order valence-corrected chi connectivity index (χ3v) is 7.31. The monoisotopic (exact) mass is 284 g/mol. The molecular formula is C15H25O3P. The molecular weight excluding hydrogens is 259 g/mol. The molecule has 4 aliphatic carbocycles. The van der Waals surface area contributed by atoms with Crippen LogP contribution in [-0.2, 0) is 4.57 Å². The van der Waals surface area contributed by atoms with Crippen LogP contribution >= 0.6 is 7.60 Å². The maximum Gasteiger partial charge on any atom is 0.329 e. The summed E-state index contributed by atoms with van der Waals surface area (Å²) >= 11 is 0. The van der Waals surface area contributed by atoms with Crippen molar-refractivity contribution in [3.63, 3.8) is 0 Å². The Hall–Kier alpha value is 0.150. The summed E-state index contributed by atoms with van der Waals surface area (Å²) in [6.45, 7) is 0. The van der Waals surface area contributed by atoms with E-state index in [1.54, 1.807) is 0 Å². The molecule has 4 rings (SSSR count). The molecule has 0 unspecified atom stereocenters. The quantitative estimate of drug-likeness (QED) is 0.704. The predicted octanol–water partition coefficient (Wildman–Crippen LogP) is 3.41. The van der Waals surface area contributed by atoms with Crippen molar-refractivity contribution in [2.45, 2.75) is 57.0 Å². The Morgan fingerprint density at radius 1 is 0.684 bits per heavy atom. The SMILES string of the molecule is O=P(O)(O)C(C(C1CC1)C1CC1)C(C1CC1)C1CC1. The van der Waals surface area contributed by atoms with Crippen molar-refractivity contribution in [1.82, 2.24) is 0 Å². The highest BCUT2D eigenvalue weighted by Gasteiger charge is 2.58. The zero-order valence-electron chi connectivity index (χ0n) is 11.4. The van der Waals surface area contributed by atoms with Crippen molar-refractivity contribution in [3.05, 3.63) is 0 Å². The van der Waals surface area contributed by atoms with E-state index in [9.17, 15) is 14.4 Å². The van der Waals surface area contributed by atoms with Crippen molar-refractivity contribution in [1.29, 1.82) is 0 Å². The van der Waals surface area contributed by atoms with Gasteiger partial charge in [-0.25, -0.2) is 0 Å². The van der Waals surface area contributed by atoms with E-state index in [0.717, 1.165) is 0 Å². The fraction of sp³-hybridized carbons (Fsp3) is 1.00. The van der Waals surface area contributed by atoms with Crippen LogP contribution in [0.15, 0.2) is 0 Å². The Bertz CT molecular complexity index is 350. The molecule has 4 aliphatic rings. The zero-order valence-corrected chi connectivity index (χ0v) is 12.3. The van der Waals surface area contributed by atoms with Gasteiger partial charge >= 0.3 is 7.60 Å². The average Bonchev–Trinajstić information content (AvgIpc) is 3.16. The Kier molecular flexibility index (Phi) is 2.92. The molecule has 108 valence electrons. The van der Waals surface area contributed by atoms with E-state index < -0.39 is 7.60 Å². The fourth-order valence-electron chi connectivity index (χ4n) is 4.51. The van der Waals surface area contributed by atoms with Crippen LogP contribution in [0, 0.1) is 35.5 Å².